The van der Waals surface area contributed by atoms with Crippen LogP contribution in [0.4, 0.5) is 0 Å². The van der Waals surface area contributed by atoms with Gasteiger partial charge in [-0.25, -0.2) is 9.59 Å². The Morgan fingerprint density at radius 2 is 1.63 bits per heavy atom. The van der Waals surface area contributed by atoms with Gasteiger partial charge < -0.3 is 25.7 Å². The highest BCUT2D eigenvalue weighted by molar-refractivity contribution is 6.35. The molecule has 0 radical (unpaired) electrons. The number of aliphatic hydroxyl groups excluding tert-OH is 2. The number of hydrogen-bond donors (Lipinski definition) is 5. The third-order valence-electron chi connectivity index (χ3n) is 5.11. The van der Waals surface area contributed by atoms with E-state index in [2.05, 4.69) is 16.3 Å². The van der Waals surface area contributed by atoms with Crippen LogP contribution in [0.3, 0.4) is 0 Å². The molecule has 0 aromatic heterocycles. The van der Waals surface area contributed by atoms with E-state index >= 15 is 0 Å². The molecule has 1 heterocycles. The maximum absolute atomic E-state index is 9.77. The molecule has 10 heteroatoms. The molecule has 168 valence electrons. The summed E-state index contributed by atoms with van der Waals surface area (Å²) in [7, 11) is 0. The second-order valence-corrected chi connectivity index (χ2v) is 8.64. The molecule has 0 amide bonds. The molecule has 3 rings (SSSR count). The van der Waals surface area contributed by atoms with Crippen LogP contribution in [0.5, 0.6) is 0 Å². The van der Waals surface area contributed by atoms with E-state index in [0.717, 1.165) is 29.9 Å². The third kappa shape index (κ3) is 8.37. The third-order valence-corrected chi connectivity index (χ3v) is 5.69. The molecule has 5 N–H and O–H groups in total. The predicted molar refractivity (Wildman–Crippen MR) is 113 cm³/mol. The van der Waals surface area contributed by atoms with E-state index in [1.807, 2.05) is 12.1 Å². The van der Waals surface area contributed by atoms with Crippen molar-refractivity contribution in [1.29, 1.82) is 0 Å². The van der Waals surface area contributed by atoms with Crippen LogP contribution >= 0.6 is 23.2 Å². The summed E-state index contributed by atoms with van der Waals surface area (Å²) in [4.78, 5) is 22.1. The van der Waals surface area contributed by atoms with Crippen LogP contribution in [0.25, 0.3) is 0 Å². The fraction of sp³-hybridized carbons (Fsp3) is 0.600. The predicted octanol–water partition coefficient (Wildman–Crippen LogP) is 1.69. The standard InChI is InChI=1S/C16H22Cl2N2.C4H6O6/c17-15-4-3-14(16(18)7-15)11-20(9-12-1-2-12)10-13-5-6-19-8-13;5-1(3(7)8)2(6)4(9)10/h3-4,7,12-13,19H,1-2,5-6,8-11H2;1-2,5-6H,(H,7,8)(H,9,10)/t13-;/m0./s1. The van der Waals surface area contributed by atoms with Crippen molar-refractivity contribution >= 4 is 35.1 Å². The zero-order valence-corrected chi connectivity index (χ0v) is 18.0. The average Bonchev–Trinajstić information content (AvgIpc) is 3.35. The lowest BCUT2D eigenvalue weighted by Crippen LogP contribution is -2.39. The van der Waals surface area contributed by atoms with Crippen LogP contribution in [0.1, 0.15) is 24.8 Å². The minimum atomic E-state index is -2.27. The van der Waals surface area contributed by atoms with E-state index in [1.54, 1.807) is 0 Å². The Morgan fingerprint density at radius 3 is 2.10 bits per heavy atom. The molecular weight excluding hydrogens is 435 g/mol. The number of rotatable bonds is 9. The molecule has 0 bridgehead atoms. The molecule has 1 saturated carbocycles. The Hall–Kier alpha value is -1.42. The van der Waals surface area contributed by atoms with Crippen molar-refractivity contribution in [1.82, 2.24) is 10.2 Å². The van der Waals surface area contributed by atoms with Crippen LogP contribution in [-0.2, 0) is 16.1 Å². The molecule has 1 aliphatic heterocycles. The molecule has 1 aliphatic carbocycles. The first-order valence-electron chi connectivity index (χ1n) is 9.86. The van der Waals surface area contributed by atoms with Crippen molar-refractivity contribution in [3.63, 3.8) is 0 Å². The Bertz CT molecular complexity index is 707. The first-order chi connectivity index (χ1) is 14.2. The van der Waals surface area contributed by atoms with Gasteiger partial charge in [-0.1, -0.05) is 29.3 Å². The summed E-state index contributed by atoms with van der Waals surface area (Å²) in [6.07, 6.45) is -0.438. The van der Waals surface area contributed by atoms with Crippen molar-refractivity contribution in [3.05, 3.63) is 33.8 Å². The zero-order valence-electron chi connectivity index (χ0n) is 16.5. The van der Waals surface area contributed by atoms with Crippen molar-refractivity contribution in [2.24, 2.45) is 11.8 Å². The number of halogens is 2. The number of nitrogens with one attached hydrogen (secondary N) is 1. The Labute approximate surface area is 185 Å². The van der Waals surface area contributed by atoms with Gasteiger partial charge in [0, 0.05) is 29.7 Å². The number of nitrogens with zero attached hydrogens (tertiary/aromatic N) is 1. The van der Waals surface area contributed by atoms with Crippen LogP contribution in [0, 0.1) is 11.8 Å². The molecule has 1 aromatic carbocycles. The lowest BCUT2D eigenvalue weighted by atomic mass is 10.1. The highest BCUT2D eigenvalue weighted by Crippen LogP contribution is 2.31. The summed E-state index contributed by atoms with van der Waals surface area (Å²) < 4.78 is 0. The molecule has 2 unspecified atom stereocenters. The Kier molecular flexibility index (Phi) is 9.80. The Morgan fingerprint density at radius 1 is 1.03 bits per heavy atom. The van der Waals surface area contributed by atoms with Gasteiger partial charge in [0.15, 0.2) is 12.2 Å². The topological polar surface area (TPSA) is 130 Å². The van der Waals surface area contributed by atoms with Crippen LogP contribution in [0.2, 0.25) is 10.0 Å². The Balaban J connectivity index is 0.000000274. The zero-order chi connectivity index (χ0) is 22.3. The van der Waals surface area contributed by atoms with Crippen molar-refractivity contribution in [3.8, 4) is 0 Å². The highest BCUT2D eigenvalue weighted by atomic mass is 35.5. The van der Waals surface area contributed by atoms with E-state index in [0.29, 0.717) is 5.02 Å². The first-order valence-corrected chi connectivity index (χ1v) is 10.6. The number of benzene rings is 1. The van der Waals surface area contributed by atoms with E-state index < -0.39 is 24.1 Å². The van der Waals surface area contributed by atoms with Gasteiger partial charge in [-0.3, -0.25) is 4.90 Å². The van der Waals surface area contributed by atoms with Crippen LogP contribution in [-0.4, -0.2) is 75.7 Å². The average molecular weight is 463 g/mol. The summed E-state index contributed by atoms with van der Waals surface area (Å²) in [5.41, 5.74) is 1.20. The summed E-state index contributed by atoms with van der Waals surface area (Å²) in [5.74, 6) is -1.83. The molecule has 2 aliphatic rings. The molecular formula is C20H28Cl2N2O6. The normalized spacial score (nSPS) is 20.4. The summed E-state index contributed by atoms with van der Waals surface area (Å²) >= 11 is 12.3. The quantitative estimate of drug-likeness (QED) is 0.374. The van der Waals surface area contributed by atoms with Gasteiger partial charge in [0.2, 0.25) is 0 Å². The highest BCUT2D eigenvalue weighted by Gasteiger charge is 2.29. The lowest BCUT2D eigenvalue weighted by Gasteiger charge is -2.25. The van der Waals surface area contributed by atoms with Crippen LogP contribution in [0.15, 0.2) is 18.2 Å². The van der Waals surface area contributed by atoms with E-state index in [-0.39, 0.29) is 0 Å². The molecule has 8 nitrogen and oxygen atoms in total. The van der Waals surface area contributed by atoms with Crippen molar-refractivity contribution < 1.29 is 30.0 Å². The number of hydrogen-bond acceptors (Lipinski definition) is 6. The number of aliphatic carboxylic acids is 2. The fourth-order valence-corrected chi connectivity index (χ4v) is 3.73. The minimum Gasteiger partial charge on any atom is -0.479 e. The molecule has 1 saturated heterocycles. The van der Waals surface area contributed by atoms with E-state index in [4.69, 9.17) is 43.6 Å². The molecule has 2 fully saturated rings. The van der Waals surface area contributed by atoms with Gasteiger partial charge in [0.05, 0.1) is 0 Å². The minimum absolute atomic E-state index is 0.715. The second kappa shape index (κ2) is 11.8. The van der Waals surface area contributed by atoms with Gasteiger partial charge >= 0.3 is 11.9 Å². The van der Waals surface area contributed by atoms with Gasteiger partial charge in [0.1, 0.15) is 0 Å². The number of aliphatic hydroxyl groups is 2. The fourth-order valence-electron chi connectivity index (χ4n) is 3.27. The number of carboxylic acid groups (broad SMARTS) is 2. The summed E-state index contributed by atoms with van der Waals surface area (Å²) in [6.45, 7) is 5.68. The smallest absolute Gasteiger partial charge is 0.335 e. The van der Waals surface area contributed by atoms with Gasteiger partial charge in [-0.05, 0) is 61.9 Å². The largest absolute Gasteiger partial charge is 0.479 e. The second-order valence-electron chi connectivity index (χ2n) is 7.80. The molecule has 30 heavy (non-hydrogen) atoms. The van der Waals surface area contributed by atoms with Gasteiger partial charge in [0.25, 0.3) is 0 Å². The number of carbonyl (C=O) groups is 2. The van der Waals surface area contributed by atoms with Crippen molar-refractivity contribution in [2.45, 2.75) is 38.0 Å². The maximum Gasteiger partial charge on any atom is 0.335 e. The van der Waals surface area contributed by atoms with E-state index in [9.17, 15) is 9.59 Å². The molecule has 3 atom stereocenters. The van der Waals surface area contributed by atoms with E-state index in [1.165, 1.54) is 44.5 Å². The summed E-state index contributed by atoms with van der Waals surface area (Å²) in [6, 6.07) is 5.86. The number of carboxylic acids is 2. The van der Waals surface area contributed by atoms with Crippen LogP contribution < -0.4 is 5.32 Å². The summed E-state index contributed by atoms with van der Waals surface area (Å²) in [5, 5.41) is 37.5. The first kappa shape index (κ1) is 24.8. The SMILES string of the molecule is Clc1ccc(CN(CC2CC2)C[C@H]2CCNC2)c(Cl)c1.O=C(O)C(O)C(O)C(=O)O. The monoisotopic (exact) mass is 462 g/mol. The molecule has 0 spiro atoms. The van der Waals surface area contributed by atoms with Gasteiger partial charge in [-0.2, -0.15) is 0 Å². The molecule has 1 aromatic rings. The van der Waals surface area contributed by atoms with Gasteiger partial charge in [-0.15, -0.1) is 0 Å². The maximum atomic E-state index is 9.77. The lowest BCUT2D eigenvalue weighted by molar-refractivity contribution is -0.165. The van der Waals surface area contributed by atoms with Crippen molar-refractivity contribution in [2.75, 3.05) is 26.2 Å².